The average Bonchev–Trinajstić information content (AvgIpc) is 3.09. The second-order valence-electron chi connectivity index (χ2n) is 7.54. The quantitative estimate of drug-likeness (QED) is 0.247. The summed E-state index contributed by atoms with van der Waals surface area (Å²) in [7, 11) is 2.66. The molecule has 1 saturated heterocycles. The number of phenols is 2. The highest BCUT2D eigenvalue weighted by Crippen LogP contribution is 2.49. The summed E-state index contributed by atoms with van der Waals surface area (Å²) in [6.45, 7) is 0. The predicted octanol–water partition coefficient (Wildman–Crippen LogP) is 5.05. The van der Waals surface area contributed by atoms with E-state index in [1.54, 1.807) is 12.1 Å². The first-order valence-corrected chi connectivity index (χ1v) is 10.9. The van der Waals surface area contributed by atoms with E-state index >= 15 is 0 Å². The van der Waals surface area contributed by atoms with Gasteiger partial charge >= 0.3 is 0 Å². The average molecular weight is 516 g/mol. The number of para-hydroxylation sites is 2. The lowest BCUT2D eigenvalue weighted by Crippen LogP contribution is -2.29. The van der Waals surface area contributed by atoms with Gasteiger partial charge in [-0.1, -0.05) is 47.5 Å². The number of hydrogen-bond donors (Lipinski definition) is 3. The Hall–Kier alpha value is -3.88. The van der Waals surface area contributed by atoms with Gasteiger partial charge in [0.2, 0.25) is 0 Å². The van der Waals surface area contributed by atoms with Crippen molar-refractivity contribution >= 4 is 46.3 Å². The molecule has 0 spiro atoms. The molecule has 1 heterocycles. The van der Waals surface area contributed by atoms with Gasteiger partial charge in [0, 0.05) is 0 Å². The second kappa shape index (κ2) is 9.40. The van der Waals surface area contributed by atoms with Crippen molar-refractivity contribution < 1.29 is 34.4 Å². The largest absolute Gasteiger partial charge is 0.508 e. The molecule has 8 nitrogen and oxygen atoms in total. The van der Waals surface area contributed by atoms with E-state index in [1.807, 2.05) is 0 Å². The molecule has 180 valence electrons. The molecule has 1 aliphatic heterocycles. The van der Waals surface area contributed by atoms with Crippen LogP contribution in [0.15, 0.2) is 60.2 Å². The molecule has 1 aliphatic rings. The molecule has 1 fully saturated rings. The number of phenolic OH excluding ortho intramolecular Hbond substituents is 2. The molecule has 10 heteroatoms. The number of carbonyl (C=O) groups excluding carboxylic acids is 2. The lowest BCUT2D eigenvalue weighted by Gasteiger charge is -2.26. The zero-order chi connectivity index (χ0) is 25.4. The monoisotopic (exact) mass is 515 g/mol. The fourth-order valence-electron chi connectivity index (χ4n) is 4.01. The molecule has 35 heavy (non-hydrogen) atoms. The molecule has 3 aromatic carbocycles. The first kappa shape index (κ1) is 24.3. The number of aromatic hydroxyl groups is 2. The van der Waals surface area contributed by atoms with Crippen LogP contribution in [0, 0.1) is 0 Å². The van der Waals surface area contributed by atoms with E-state index in [9.17, 15) is 24.9 Å². The number of ether oxygens (including phenoxy) is 2. The molecule has 0 bridgehead atoms. The molecule has 0 aromatic heterocycles. The Kier molecular flexibility index (Phi) is 6.51. The molecule has 3 aromatic rings. The number of benzene rings is 3. The smallest absolute Gasteiger partial charge is 0.300 e. The number of aliphatic hydroxyl groups is 1. The Morgan fingerprint density at radius 1 is 0.943 bits per heavy atom. The van der Waals surface area contributed by atoms with E-state index in [0.717, 1.165) is 4.90 Å². The number of Topliss-reactive ketones (excluding diaryl/α,β-unsaturated/α-hetero) is 1. The maximum atomic E-state index is 13.3. The molecule has 0 radical (unpaired) electrons. The van der Waals surface area contributed by atoms with E-state index in [-0.39, 0.29) is 49.9 Å². The highest BCUT2D eigenvalue weighted by atomic mass is 35.5. The molecule has 3 N–H and O–H groups in total. The fraction of sp³-hybridized carbons (Fsp3) is 0.120. The van der Waals surface area contributed by atoms with E-state index < -0.39 is 23.5 Å². The van der Waals surface area contributed by atoms with Crippen LogP contribution >= 0.6 is 23.2 Å². The molecular weight excluding hydrogens is 497 g/mol. The van der Waals surface area contributed by atoms with Crippen LogP contribution < -0.4 is 14.4 Å². The van der Waals surface area contributed by atoms with Crippen molar-refractivity contribution in [2.24, 2.45) is 0 Å². The van der Waals surface area contributed by atoms with Gasteiger partial charge in [0.25, 0.3) is 11.7 Å². The van der Waals surface area contributed by atoms with Crippen molar-refractivity contribution in [1.29, 1.82) is 0 Å². The summed E-state index contributed by atoms with van der Waals surface area (Å²) < 4.78 is 10.5. The van der Waals surface area contributed by atoms with E-state index in [4.69, 9.17) is 32.7 Å². The zero-order valence-corrected chi connectivity index (χ0v) is 20.0. The minimum Gasteiger partial charge on any atom is -0.508 e. The van der Waals surface area contributed by atoms with E-state index in [2.05, 4.69) is 0 Å². The van der Waals surface area contributed by atoms with Gasteiger partial charge in [0.05, 0.1) is 42.1 Å². The predicted molar refractivity (Wildman–Crippen MR) is 131 cm³/mol. The van der Waals surface area contributed by atoms with Crippen molar-refractivity contribution in [3.05, 3.63) is 81.3 Å². The van der Waals surface area contributed by atoms with Crippen molar-refractivity contribution in [3.63, 3.8) is 0 Å². The fourth-order valence-corrected chi connectivity index (χ4v) is 4.70. The maximum absolute atomic E-state index is 13.3. The van der Waals surface area contributed by atoms with E-state index in [0.29, 0.717) is 5.56 Å². The van der Waals surface area contributed by atoms with Gasteiger partial charge in [-0.3, -0.25) is 14.5 Å². The minimum absolute atomic E-state index is 0.0244. The number of ketones is 1. The van der Waals surface area contributed by atoms with Crippen LogP contribution in [-0.4, -0.2) is 41.2 Å². The summed E-state index contributed by atoms with van der Waals surface area (Å²) in [5, 5.41) is 31.6. The normalized spacial score (nSPS) is 17.0. The Labute approximate surface area is 210 Å². The third kappa shape index (κ3) is 4.00. The summed E-state index contributed by atoms with van der Waals surface area (Å²) in [5.74, 6) is -2.78. The summed E-state index contributed by atoms with van der Waals surface area (Å²) in [5.41, 5.74) is 0.114. The lowest BCUT2D eigenvalue weighted by atomic mass is 9.94. The van der Waals surface area contributed by atoms with Crippen LogP contribution in [0.4, 0.5) is 5.69 Å². The van der Waals surface area contributed by atoms with Gasteiger partial charge in [0.15, 0.2) is 11.5 Å². The molecule has 1 amide bonds. The molecular formula is C25H19Cl2NO7. The Morgan fingerprint density at radius 2 is 1.57 bits per heavy atom. The molecule has 4 rings (SSSR count). The minimum atomic E-state index is -1.16. The standard InChI is InChI=1S/C25H19Cl2NO7/c1-34-23-14(11-15(26)24(35-2)19(23)27)21(31)18-20(12-7-9-13(29)10-8-12)28(25(33)22(18)32)16-5-3-4-6-17(16)30/h3-11,20,29-31H,1-2H3/b21-18+. The van der Waals surface area contributed by atoms with Gasteiger partial charge < -0.3 is 24.8 Å². The summed E-state index contributed by atoms with van der Waals surface area (Å²) in [4.78, 5) is 27.6. The number of nitrogens with zero attached hydrogens (tertiary/aromatic N) is 1. The van der Waals surface area contributed by atoms with Crippen LogP contribution in [0.25, 0.3) is 5.76 Å². The Morgan fingerprint density at radius 3 is 2.17 bits per heavy atom. The van der Waals surface area contributed by atoms with Crippen LogP contribution in [0.1, 0.15) is 17.2 Å². The van der Waals surface area contributed by atoms with Crippen LogP contribution in [-0.2, 0) is 9.59 Å². The third-order valence-electron chi connectivity index (χ3n) is 5.59. The second-order valence-corrected chi connectivity index (χ2v) is 8.32. The first-order valence-electron chi connectivity index (χ1n) is 10.2. The number of amides is 1. The summed E-state index contributed by atoms with van der Waals surface area (Å²) in [6, 6.07) is 11.9. The zero-order valence-electron chi connectivity index (χ0n) is 18.5. The van der Waals surface area contributed by atoms with Gasteiger partial charge in [-0.05, 0) is 35.9 Å². The van der Waals surface area contributed by atoms with Crippen LogP contribution in [0.2, 0.25) is 10.0 Å². The molecule has 0 saturated carbocycles. The van der Waals surface area contributed by atoms with Gasteiger partial charge in [-0.25, -0.2) is 0 Å². The highest BCUT2D eigenvalue weighted by Gasteiger charge is 2.48. The third-order valence-corrected chi connectivity index (χ3v) is 6.21. The molecule has 1 unspecified atom stereocenters. The van der Waals surface area contributed by atoms with Gasteiger partial charge in [0.1, 0.15) is 22.3 Å². The first-order chi connectivity index (χ1) is 16.7. The number of hydrogen-bond acceptors (Lipinski definition) is 7. The molecule has 1 atom stereocenters. The topological polar surface area (TPSA) is 117 Å². The van der Waals surface area contributed by atoms with Crippen LogP contribution in [0.3, 0.4) is 0 Å². The summed E-state index contributed by atoms with van der Waals surface area (Å²) >= 11 is 12.6. The summed E-state index contributed by atoms with van der Waals surface area (Å²) in [6.07, 6.45) is 0. The van der Waals surface area contributed by atoms with E-state index in [1.165, 1.54) is 56.7 Å². The van der Waals surface area contributed by atoms with Crippen LogP contribution in [0.5, 0.6) is 23.0 Å². The van der Waals surface area contributed by atoms with Crippen molar-refractivity contribution in [2.75, 3.05) is 19.1 Å². The molecule has 0 aliphatic carbocycles. The van der Waals surface area contributed by atoms with Crippen molar-refractivity contribution in [3.8, 4) is 23.0 Å². The number of anilines is 1. The SMILES string of the molecule is COc1c(Cl)cc(/C(O)=C2\C(=O)C(=O)N(c3ccccc3O)C2c2ccc(O)cc2)c(OC)c1Cl. The maximum Gasteiger partial charge on any atom is 0.300 e. The lowest BCUT2D eigenvalue weighted by molar-refractivity contribution is -0.132. The van der Waals surface area contributed by atoms with Crippen molar-refractivity contribution in [1.82, 2.24) is 0 Å². The Balaban J connectivity index is 2.03. The number of halogens is 2. The highest BCUT2D eigenvalue weighted by molar-refractivity contribution is 6.52. The van der Waals surface area contributed by atoms with Gasteiger partial charge in [-0.2, -0.15) is 0 Å². The number of methoxy groups -OCH3 is 2. The number of rotatable bonds is 5. The Bertz CT molecular complexity index is 1370. The number of aliphatic hydroxyl groups excluding tert-OH is 1. The van der Waals surface area contributed by atoms with Gasteiger partial charge in [-0.15, -0.1) is 0 Å². The van der Waals surface area contributed by atoms with Crippen molar-refractivity contribution in [2.45, 2.75) is 6.04 Å². The number of carbonyl (C=O) groups is 2.